The van der Waals surface area contributed by atoms with Gasteiger partial charge < -0.3 is 20.1 Å². The molecule has 150 valence electrons. The Bertz CT molecular complexity index is 928. The highest BCUT2D eigenvalue weighted by atomic mass is 16.5. The zero-order valence-electron chi connectivity index (χ0n) is 16.5. The number of para-hydroxylation sites is 1. The van der Waals surface area contributed by atoms with Gasteiger partial charge in [-0.2, -0.15) is 0 Å². The number of anilines is 2. The first-order valence-electron chi connectivity index (χ1n) is 9.41. The van der Waals surface area contributed by atoms with Gasteiger partial charge in [-0.3, -0.25) is 4.79 Å². The third-order valence-corrected chi connectivity index (χ3v) is 4.21. The maximum absolute atomic E-state index is 12.3. The van der Waals surface area contributed by atoms with Crippen LogP contribution in [0.25, 0.3) is 0 Å². The Morgan fingerprint density at radius 2 is 1.76 bits per heavy atom. The Labute approximate surface area is 170 Å². The van der Waals surface area contributed by atoms with E-state index < -0.39 is 0 Å². The summed E-state index contributed by atoms with van der Waals surface area (Å²) in [4.78, 5) is 20.7. The van der Waals surface area contributed by atoms with Gasteiger partial charge in [-0.15, -0.1) is 0 Å². The lowest BCUT2D eigenvalue weighted by Crippen LogP contribution is -2.26. The van der Waals surface area contributed by atoms with Gasteiger partial charge in [0.2, 0.25) is 5.95 Å². The van der Waals surface area contributed by atoms with Gasteiger partial charge in [-0.25, -0.2) is 9.97 Å². The minimum Gasteiger partial charge on any atom is -0.496 e. The van der Waals surface area contributed by atoms with Crippen LogP contribution in [0, 0.1) is 0 Å². The van der Waals surface area contributed by atoms with Crippen molar-refractivity contribution in [1.29, 1.82) is 0 Å². The van der Waals surface area contributed by atoms with Crippen molar-refractivity contribution in [2.45, 2.75) is 13.3 Å². The zero-order chi connectivity index (χ0) is 20.5. The van der Waals surface area contributed by atoms with E-state index in [4.69, 9.17) is 9.47 Å². The summed E-state index contributed by atoms with van der Waals surface area (Å²) >= 11 is 0. The van der Waals surface area contributed by atoms with Crippen LogP contribution >= 0.6 is 0 Å². The third kappa shape index (κ3) is 5.68. The lowest BCUT2D eigenvalue weighted by molar-refractivity contribution is 0.0953. The number of ether oxygens (including phenoxy) is 2. The molecule has 0 atom stereocenters. The van der Waals surface area contributed by atoms with Crippen LogP contribution < -0.4 is 20.1 Å². The van der Waals surface area contributed by atoms with Crippen LogP contribution in [-0.2, 0) is 6.42 Å². The fourth-order valence-electron chi connectivity index (χ4n) is 2.76. The molecule has 0 radical (unpaired) electrons. The van der Waals surface area contributed by atoms with Crippen LogP contribution in [0.2, 0.25) is 0 Å². The van der Waals surface area contributed by atoms with Gasteiger partial charge in [0.1, 0.15) is 11.5 Å². The Hall–Kier alpha value is -3.61. The number of hydrogen-bond acceptors (Lipinski definition) is 6. The second kappa shape index (κ2) is 10.1. The summed E-state index contributed by atoms with van der Waals surface area (Å²) in [5, 5.41) is 5.97. The summed E-state index contributed by atoms with van der Waals surface area (Å²) in [6.45, 7) is 3.06. The molecule has 0 saturated carbocycles. The number of hydrogen-bond donors (Lipinski definition) is 2. The van der Waals surface area contributed by atoms with Crippen LogP contribution in [0.4, 0.5) is 11.6 Å². The van der Waals surface area contributed by atoms with Crippen molar-refractivity contribution in [3.8, 4) is 11.5 Å². The molecule has 0 aliphatic carbocycles. The van der Waals surface area contributed by atoms with Gasteiger partial charge in [0, 0.05) is 24.6 Å². The number of aromatic nitrogens is 2. The molecule has 1 aromatic heterocycles. The molecule has 2 N–H and O–H groups in total. The smallest absolute Gasteiger partial charge is 0.254 e. The zero-order valence-corrected chi connectivity index (χ0v) is 16.5. The lowest BCUT2D eigenvalue weighted by atomic mass is 10.1. The van der Waals surface area contributed by atoms with Crippen molar-refractivity contribution in [1.82, 2.24) is 15.3 Å². The summed E-state index contributed by atoms with van der Waals surface area (Å²) in [6.07, 6.45) is 3.68. The van der Waals surface area contributed by atoms with E-state index in [0.29, 0.717) is 31.1 Å². The molecule has 7 nitrogen and oxygen atoms in total. The van der Waals surface area contributed by atoms with Gasteiger partial charge in [0.15, 0.2) is 0 Å². The molecule has 0 unspecified atom stereocenters. The van der Waals surface area contributed by atoms with E-state index in [1.54, 1.807) is 7.11 Å². The minimum atomic E-state index is -0.215. The van der Waals surface area contributed by atoms with E-state index in [2.05, 4.69) is 20.6 Å². The Morgan fingerprint density at radius 1 is 1.03 bits per heavy atom. The molecule has 7 heteroatoms. The summed E-state index contributed by atoms with van der Waals surface area (Å²) in [7, 11) is 1.64. The molecular formula is C22H24N4O3. The molecule has 1 heterocycles. The first-order valence-corrected chi connectivity index (χ1v) is 9.41. The number of carbonyl (C=O) groups excluding carboxylic acids is 1. The molecule has 0 bridgehead atoms. The first-order chi connectivity index (χ1) is 14.2. The van der Waals surface area contributed by atoms with Crippen molar-refractivity contribution in [3.63, 3.8) is 0 Å². The van der Waals surface area contributed by atoms with Crippen molar-refractivity contribution < 1.29 is 14.3 Å². The molecule has 29 heavy (non-hydrogen) atoms. The molecule has 1 amide bonds. The molecule has 0 spiro atoms. The van der Waals surface area contributed by atoms with Gasteiger partial charge in [0.05, 0.1) is 19.3 Å². The highest BCUT2D eigenvalue weighted by molar-refractivity contribution is 5.93. The Kier molecular flexibility index (Phi) is 7.00. The maximum Gasteiger partial charge on any atom is 0.254 e. The summed E-state index contributed by atoms with van der Waals surface area (Å²) < 4.78 is 10.7. The number of nitrogens with zero attached hydrogens (tertiary/aromatic N) is 2. The van der Waals surface area contributed by atoms with E-state index in [1.165, 1.54) is 12.4 Å². The number of methoxy groups -OCH3 is 1. The summed E-state index contributed by atoms with van der Waals surface area (Å²) in [6, 6.07) is 15.3. The SMILES string of the molecule is CCOc1ccc(Nc2ncc(C(=O)NCCc3ccccc3OC)cn2)cc1. The molecule has 0 fully saturated rings. The maximum atomic E-state index is 12.3. The monoisotopic (exact) mass is 392 g/mol. The normalized spacial score (nSPS) is 10.3. The molecule has 0 aliphatic rings. The van der Waals surface area contributed by atoms with Gasteiger partial charge >= 0.3 is 0 Å². The number of carbonyl (C=O) groups is 1. The van der Waals surface area contributed by atoms with Gasteiger partial charge in [-0.1, -0.05) is 18.2 Å². The number of nitrogens with one attached hydrogen (secondary N) is 2. The highest BCUT2D eigenvalue weighted by Crippen LogP contribution is 2.18. The second-order valence-corrected chi connectivity index (χ2v) is 6.20. The first kappa shape index (κ1) is 20.1. The quantitative estimate of drug-likeness (QED) is 0.579. The van der Waals surface area contributed by atoms with Crippen molar-refractivity contribution in [3.05, 3.63) is 72.1 Å². The van der Waals surface area contributed by atoms with E-state index in [1.807, 2.05) is 55.5 Å². The Balaban J connectivity index is 1.51. The third-order valence-electron chi connectivity index (χ3n) is 4.21. The number of benzene rings is 2. The fourth-order valence-corrected chi connectivity index (χ4v) is 2.76. The molecule has 3 aromatic rings. The van der Waals surface area contributed by atoms with Crippen molar-refractivity contribution in [2.75, 3.05) is 25.6 Å². The fraction of sp³-hybridized carbons (Fsp3) is 0.227. The van der Waals surface area contributed by atoms with E-state index >= 15 is 0 Å². The van der Waals surface area contributed by atoms with Crippen molar-refractivity contribution in [2.24, 2.45) is 0 Å². The van der Waals surface area contributed by atoms with Crippen LogP contribution in [-0.4, -0.2) is 36.1 Å². The molecule has 2 aromatic carbocycles. The van der Waals surface area contributed by atoms with Gasteiger partial charge in [0.25, 0.3) is 5.91 Å². The molecular weight excluding hydrogens is 368 g/mol. The van der Waals surface area contributed by atoms with Crippen LogP contribution in [0.1, 0.15) is 22.8 Å². The predicted molar refractivity (Wildman–Crippen MR) is 112 cm³/mol. The largest absolute Gasteiger partial charge is 0.496 e. The van der Waals surface area contributed by atoms with Crippen LogP contribution in [0.15, 0.2) is 60.9 Å². The number of rotatable bonds is 9. The van der Waals surface area contributed by atoms with E-state index in [0.717, 1.165) is 22.7 Å². The standard InChI is InChI=1S/C22H24N4O3/c1-3-29-19-10-8-18(9-11-19)26-22-24-14-17(15-25-22)21(27)23-13-12-16-6-4-5-7-20(16)28-2/h4-11,14-15H,3,12-13H2,1-2H3,(H,23,27)(H,24,25,26). The average Bonchev–Trinajstić information content (AvgIpc) is 2.76. The number of amides is 1. The van der Waals surface area contributed by atoms with Crippen LogP contribution in [0.5, 0.6) is 11.5 Å². The molecule has 0 aliphatic heterocycles. The molecule has 3 rings (SSSR count). The van der Waals surface area contributed by atoms with Gasteiger partial charge in [-0.05, 0) is 49.2 Å². The van der Waals surface area contributed by atoms with E-state index in [-0.39, 0.29) is 5.91 Å². The second-order valence-electron chi connectivity index (χ2n) is 6.20. The average molecular weight is 392 g/mol. The minimum absolute atomic E-state index is 0.215. The Morgan fingerprint density at radius 3 is 2.45 bits per heavy atom. The van der Waals surface area contributed by atoms with Crippen molar-refractivity contribution >= 4 is 17.5 Å². The topological polar surface area (TPSA) is 85.4 Å². The highest BCUT2D eigenvalue weighted by Gasteiger charge is 2.08. The lowest BCUT2D eigenvalue weighted by Gasteiger charge is -2.09. The summed E-state index contributed by atoms with van der Waals surface area (Å²) in [5.74, 6) is 1.82. The van der Waals surface area contributed by atoms with Crippen LogP contribution in [0.3, 0.4) is 0 Å². The predicted octanol–water partition coefficient (Wildman–Crippen LogP) is 3.60. The van der Waals surface area contributed by atoms with E-state index in [9.17, 15) is 4.79 Å². The molecule has 0 saturated heterocycles. The summed E-state index contributed by atoms with van der Waals surface area (Å²) in [5.41, 5.74) is 2.28.